The van der Waals surface area contributed by atoms with Gasteiger partial charge in [-0.2, -0.15) is 0 Å². The smallest absolute Gasteiger partial charge is 0.261 e. The Bertz CT molecular complexity index is 1170. The number of carbonyl (C=O) groups is 1. The van der Waals surface area contributed by atoms with Crippen molar-refractivity contribution >= 4 is 54.8 Å². The van der Waals surface area contributed by atoms with Crippen molar-refractivity contribution < 1.29 is 17.9 Å². The third-order valence-electron chi connectivity index (χ3n) is 4.21. The van der Waals surface area contributed by atoms with Gasteiger partial charge in [-0.1, -0.05) is 23.7 Å². The quantitative estimate of drug-likeness (QED) is 0.409. The molecule has 0 aliphatic rings. The molecule has 162 valence electrons. The molecule has 6 nitrogen and oxygen atoms in total. The number of nitrogens with one attached hydrogen (secondary N) is 2. The molecule has 0 heterocycles. The van der Waals surface area contributed by atoms with E-state index in [-0.39, 0.29) is 17.2 Å². The topological polar surface area (TPSA) is 84.5 Å². The van der Waals surface area contributed by atoms with Crippen LogP contribution in [0.25, 0.3) is 0 Å². The molecule has 31 heavy (non-hydrogen) atoms. The third-order valence-corrected chi connectivity index (χ3v) is 6.48. The molecule has 3 rings (SSSR count). The van der Waals surface area contributed by atoms with Crippen molar-refractivity contribution in [2.24, 2.45) is 0 Å². The van der Waals surface area contributed by atoms with Crippen LogP contribution < -0.4 is 14.8 Å². The van der Waals surface area contributed by atoms with E-state index < -0.39 is 10.0 Å². The first-order valence-electron chi connectivity index (χ1n) is 9.36. The van der Waals surface area contributed by atoms with Crippen LogP contribution in [-0.4, -0.2) is 20.9 Å². The minimum absolute atomic E-state index is 0.0770. The highest BCUT2D eigenvalue weighted by atomic mass is 79.9. The first-order chi connectivity index (χ1) is 14.8. The number of rotatable bonds is 8. The van der Waals surface area contributed by atoms with Crippen LogP contribution in [0.2, 0.25) is 5.02 Å². The van der Waals surface area contributed by atoms with Crippen LogP contribution in [0.5, 0.6) is 5.75 Å². The van der Waals surface area contributed by atoms with Crippen LogP contribution >= 0.6 is 27.5 Å². The highest BCUT2D eigenvalue weighted by Crippen LogP contribution is 2.29. The second-order valence-corrected chi connectivity index (χ2v) is 9.53. The fourth-order valence-electron chi connectivity index (χ4n) is 2.76. The number of sulfonamides is 1. The minimum atomic E-state index is -3.79. The molecule has 3 aromatic carbocycles. The second kappa shape index (κ2) is 10.2. The van der Waals surface area contributed by atoms with Crippen molar-refractivity contribution in [2.75, 3.05) is 16.6 Å². The molecule has 0 unspecified atom stereocenters. The zero-order valence-corrected chi connectivity index (χ0v) is 19.7. The van der Waals surface area contributed by atoms with Crippen molar-refractivity contribution in [1.29, 1.82) is 0 Å². The number of hydrogen-bond acceptors (Lipinski definition) is 4. The van der Waals surface area contributed by atoms with E-state index in [1.807, 2.05) is 6.92 Å². The maximum atomic E-state index is 12.7. The SMILES string of the molecule is CCOc1ccc(NS(=O)(=O)c2ccc(NC(=O)Cc3ccc(Cl)cc3)cc2)cc1Br. The largest absolute Gasteiger partial charge is 0.493 e. The number of anilines is 2. The van der Waals surface area contributed by atoms with E-state index in [9.17, 15) is 13.2 Å². The van der Waals surface area contributed by atoms with Gasteiger partial charge >= 0.3 is 0 Å². The summed E-state index contributed by atoms with van der Waals surface area (Å²) in [5.74, 6) is 0.416. The predicted molar refractivity (Wildman–Crippen MR) is 126 cm³/mol. The summed E-state index contributed by atoms with van der Waals surface area (Å²) in [6, 6.07) is 17.9. The van der Waals surface area contributed by atoms with Crippen LogP contribution in [0.3, 0.4) is 0 Å². The van der Waals surface area contributed by atoms with Crippen molar-refractivity contribution in [2.45, 2.75) is 18.2 Å². The fourth-order valence-corrected chi connectivity index (χ4v) is 4.43. The summed E-state index contributed by atoms with van der Waals surface area (Å²) < 4.78 is 33.9. The Hall–Kier alpha value is -2.55. The lowest BCUT2D eigenvalue weighted by Gasteiger charge is -2.11. The van der Waals surface area contributed by atoms with Gasteiger partial charge in [-0.05, 0) is 83.0 Å². The van der Waals surface area contributed by atoms with E-state index in [2.05, 4.69) is 26.0 Å². The Kier molecular flexibility index (Phi) is 7.59. The summed E-state index contributed by atoms with van der Waals surface area (Å²) in [5.41, 5.74) is 1.73. The number of carbonyl (C=O) groups excluding carboxylic acids is 1. The van der Waals surface area contributed by atoms with E-state index in [0.29, 0.717) is 33.2 Å². The molecular weight excluding hydrogens is 504 g/mol. The first-order valence-corrected chi connectivity index (χ1v) is 12.0. The summed E-state index contributed by atoms with van der Waals surface area (Å²) >= 11 is 9.21. The van der Waals surface area contributed by atoms with E-state index >= 15 is 0 Å². The average Bonchev–Trinajstić information content (AvgIpc) is 2.72. The molecule has 0 saturated carbocycles. The maximum absolute atomic E-state index is 12.7. The number of ether oxygens (including phenoxy) is 1. The Morgan fingerprint density at radius 3 is 2.26 bits per heavy atom. The van der Waals surface area contributed by atoms with Gasteiger partial charge in [0.1, 0.15) is 5.75 Å². The molecule has 2 N–H and O–H groups in total. The summed E-state index contributed by atoms with van der Waals surface area (Å²) in [6.45, 7) is 2.37. The van der Waals surface area contributed by atoms with Crippen LogP contribution in [0, 0.1) is 0 Å². The third kappa shape index (κ3) is 6.46. The molecule has 0 saturated heterocycles. The molecule has 0 aliphatic carbocycles. The van der Waals surface area contributed by atoms with Crippen LogP contribution in [0.15, 0.2) is 76.1 Å². The summed E-state index contributed by atoms with van der Waals surface area (Å²) in [5, 5.41) is 3.36. The molecule has 1 amide bonds. The standard InChI is InChI=1S/C22H20BrClN2O4S/c1-2-30-21-12-9-18(14-20(21)23)26-31(28,29)19-10-7-17(8-11-19)25-22(27)13-15-3-5-16(24)6-4-15/h3-12,14,26H,2,13H2,1H3,(H,25,27). The lowest BCUT2D eigenvalue weighted by Crippen LogP contribution is -2.15. The molecule has 9 heteroatoms. The Morgan fingerprint density at radius 1 is 1.00 bits per heavy atom. The number of benzene rings is 3. The zero-order chi connectivity index (χ0) is 22.4. The Morgan fingerprint density at radius 2 is 1.65 bits per heavy atom. The molecule has 3 aromatic rings. The van der Waals surface area contributed by atoms with Gasteiger partial charge < -0.3 is 10.1 Å². The molecule has 0 spiro atoms. The number of amides is 1. The maximum Gasteiger partial charge on any atom is 0.261 e. The lowest BCUT2D eigenvalue weighted by molar-refractivity contribution is -0.115. The minimum Gasteiger partial charge on any atom is -0.493 e. The van der Waals surface area contributed by atoms with E-state index in [1.54, 1.807) is 54.6 Å². The van der Waals surface area contributed by atoms with Crippen LogP contribution in [0.1, 0.15) is 12.5 Å². The van der Waals surface area contributed by atoms with E-state index in [0.717, 1.165) is 5.56 Å². The Labute approximate surface area is 194 Å². The van der Waals surface area contributed by atoms with Gasteiger partial charge in [0.15, 0.2) is 0 Å². The molecule has 0 bridgehead atoms. The summed E-state index contributed by atoms with van der Waals surface area (Å²) in [4.78, 5) is 12.3. The van der Waals surface area contributed by atoms with Gasteiger partial charge in [-0.3, -0.25) is 9.52 Å². The number of hydrogen-bond donors (Lipinski definition) is 2. The Balaban J connectivity index is 1.64. The van der Waals surface area contributed by atoms with Gasteiger partial charge in [-0.25, -0.2) is 8.42 Å². The zero-order valence-electron chi connectivity index (χ0n) is 16.6. The van der Waals surface area contributed by atoms with Gasteiger partial charge in [0.2, 0.25) is 5.91 Å². The lowest BCUT2D eigenvalue weighted by atomic mass is 10.1. The van der Waals surface area contributed by atoms with Crippen molar-refractivity contribution in [3.63, 3.8) is 0 Å². The van der Waals surface area contributed by atoms with Gasteiger partial charge in [0, 0.05) is 10.7 Å². The summed E-state index contributed by atoms with van der Waals surface area (Å²) in [6.07, 6.45) is 0.186. The molecule has 0 aromatic heterocycles. The van der Waals surface area contributed by atoms with Crippen molar-refractivity contribution in [3.8, 4) is 5.75 Å². The molecular formula is C22H20BrClN2O4S. The van der Waals surface area contributed by atoms with Gasteiger partial charge in [0.05, 0.1) is 28.1 Å². The van der Waals surface area contributed by atoms with Crippen molar-refractivity contribution in [3.05, 3.63) is 81.8 Å². The first kappa shape index (κ1) is 23.1. The molecule has 0 radical (unpaired) electrons. The highest BCUT2D eigenvalue weighted by Gasteiger charge is 2.15. The highest BCUT2D eigenvalue weighted by molar-refractivity contribution is 9.10. The second-order valence-electron chi connectivity index (χ2n) is 6.56. The van der Waals surface area contributed by atoms with E-state index in [1.165, 1.54) is 12.1 Å². The van der Waals surface area contributed by atoms with E-state index in [4.69, 9.17) is 16.3 Å². The molecule has 0 fully saturated rings. The molecule has 0 aliphatic heterocycles. The number of halogens is 2. The van der Waals surface area contributed by atoms with Crippen LogP contribution in [-0.2, 0) is 21.2 Å². The van der Waals surface area contributed by atoms with Crippen molar-refractivity contribution in [1.82, 2.24) is 0 Å². The summed E-state index contributed by atoms with van der Waals surface area (Å²) in [7, 11) is -3.79. The molecule has 0 atom stereocenters. The van der Waals surface area contributed by atoms with Gasteiger partial charge in [-0.15, -0.1) is 0 Å². The predicted octanol–water partition coefficient (Wildman–Crippen LogP) is 5.48. The monoisotopic (exact) mass is 522 g/mol. The normalized spacial score (nSPS) is 11.1. The van der Waals surface area contributed by atoms with Gasteiger partial charge in [0.25, 0.3) is 10.0 Å². The average molecular weight is 524 g/mol. The van der Waals surface area contributed by atoms with Crippen LogP contribution in [0.4, 0.5) is 11.4 Å². The fraction of sp³-hybridized carbons (Fsp3) is 0.136.